The van der Waals surface area contributed by atoms with E-state index in [0.29, 0.717) is 18.0 Å². The van der Waals surface area contributed by atoms with Crippen LogP contribution < -0.4 is 10.6 Å². The van der Waals surface area contributed by atoms with Gasteiger partial charge in [-0.05, 0) is 41.7 Å². The lowest BCUT2D eigenvalue weighted by Crippen LogP contribution is -2.49. The zero-order chi connectivity index (χ0) is 18.4. The Morgan fingerprint density at radius 3 is 2.50 bits per heavy atom. The van der Waals surface area contributed by atoms with Gasteiger partial charge in [-0.15, -0.1) is 0 Å². The minimum Gasteiger partial charge on any atom is -0.394 e. The molecule has 1 fully saturated rings. The number of aliphatic hydroxyl groups is 1. The average molecular weight is 354 g/mol. The smallest absolute Gasteiger partial charge is 0.252 e. The number of benzene rings is 2. The van der Waals surface area contributed by atoms with E-state index in [1.165, 1.54) is 19.3 Å². The van der Waals surface area contributed by atoms with Gasteiger partial charge in [0.2, 0.25) is 5.91 Å². The predicted octanol–water partition coefficient (Wildman–Crippen LogP) is 2.63. The monoisotopic (exact) mass is 354 g/mol. The van der Waals surface area contributed by atoms with E-state index in [-0.39, 0.29) is 11.8 Å². The first-order valence-electron chi connectivity index (χ1n) is 9.35. The molecule has 0 heterocycles. The number of carbonyl (C=O) groups excluding carboxylic acids is 2. The van der Waals surface area contributed by atoms with E-state index in [0.717, 1.165) is 23.6 Å². The molecule has 3 N–H and O–H groups in total. The maximum Gasteiger partial charge on any atom is 0.252 e. The van der Waals surface area contributed by atoms with Crippen LogP contribution in [0.4, 0.5) is 0 Å². The topological polar surface area (TPSA) is 78.4 Å². The Labute approximate surface area is 153 Å². The summed E-state index contributed by atoms with van der Waals surface area (Å²) in [6.45, 7) is 0.191. The summed E-state index contributed by atoms with van der Waals surface area (Å²) >= 11 is 0. The number of nitrogens with one attached hydrogen (secondary N) is 2. The number of hydrogen-bond donors (Lipinski definition) is 3. The summed E-state index contributed by atoms with van der Waals surface area (Å²) < 4.78 is 0. The van der Waals surface area contributed by atoms with Crippen molar-refractivity contribution in [2.24, 2.45) is 5.92 Å². The van der Waals surface area contributed by atoms with Crippen molar-refractivity contribution in [3.05, 3.63) is 48.0 Å². The fourth-order valence-electron chi connectivity index (χ4n) is 3.53. The molecule has 2 aromatic carbocycles. The molecular formula is C21H26N2O3. The van der Waals surface area contributed by atoms with E-state index in [9.17, 15) is 14.7 Å². The molecule has 0 aliphatic heterocycles. The Balaban J connectivity index is 1.58. The molecule has 0 saturated heterocycles. The number of amides is 2. The number of fused-ring (bicyclic) bond motifs is 1. The van der Waals surface area contributed by atoms with Crippen LogP contribution in [0.1, 0.15) is 42.5 Å². The summed E-state index contributed by atoms with van der Waals surface area (Å²) in [4.78, 5) is 24.8. The van der Waals surface area contributed by atoms with E-state index in [1.54, 1.807) is 12.1 Å². The lowest BCUT2D eigenvalue weighted by atomic mass is 9.89. The lowest BCUT2D eigenvalue weighted by molar-refractivity contribution is -0.124. The molecule has 2 aromatic rings. The average Bonchev–Trinajstić information content (AvgIpc) is 2.70. The molecule has 0 radical (unpaired) electrons. The van der Waals surface area contributed by atoms with E-state index in [2.05, 4.69) is 10.6 Å². The Morgan fingerprint density at radius 2 is 1.77 bits per heavy atom. The molecule has 0 spiro atoms. The number of carbonyl (C=O) groups is 2. The van der Waals surface area contributed by atoms with Gasteiger partial charge in [-0.1, -0.05) is 49.6 Å². The summed E-state index contributed by atoms with van der Waals surface area (Å²) in [6, 6.07) is 12.2. The van der Waals surface area contributed by atoms with Gasteiger partial charge in [0.05, 0.1) is 6.61 Å². The van der Waals surface area contributed by atoms with E-state index < -0.39 is 12.6 Å². The molecule has 0 aromatic heterocycles. The molecule has 1 atom stereocenters. The van der Waals surface area contributed by atoms with Crippen LogP contribution in [0.25, 0.3) is 10.8 Å². The highest BCUT2D eigenvalue weighted by atomic mass is 16.3. The SMILES string of the molecule is O=C(N[C@@H](CO)C(=O)NCC1CCCCC1)c1ccc2ccccc2c1. The van der Waals surface area contributed by atoms with Crippen LogP contribution >= 0.6 is 0 Å². The highest BCUT2D eigenvalue weighted by Crippen LogP contribution is 2.22. The third kappa shape index (κ3) is 4.61. The molecule has 3 rings (SSSR count). The van der Waals surface area contributed by atoms with Crippen molar-refractivity contribution in [1.82, 2.24) is 10.6 Å². The maximum absolute atomic E-state index is 12.5. The van der Waals surface area contributed by atoms with Crippen LogP contribution in [-0.4, -0.2) is 36.1 Å². The largest absolute Gasteiger partial charge is 0.394 e. The fraction of sp³-hybridized carbons (Fsp3) is 0.429. The van der Waals surface area contributed by atoms with Crippen LogP contribution in [0, 0.1) is 5.92 Å². The second-order valence-corrected chi connectivity index (χ2v) is 7.02. The fourth-order valence-corrected chi connectivity index (χ4v) is 3.53. The molecule has 5 nitrogen and oxygen atoms in total. The van der Waals surface area contributed by atoms with Gasteiger partial charge in [0.15, 0.2) is 0 Å². The molecule has 1 aliphatic rings. The minimum atomic E-state index is -0.933. The molecule has 2 amide bonds. The van der Waals surface area contributed by atoms with Crippen molar-refractivity contribution in [3.8, 4) is 0 Å². The first-order valence-corrected chi connectivity index (χ1v) is 9.35. The van der Waals surface area contributed by atoms with Gasteiger partial charge in [0, 0.05) is 12.1 Å². The van der Waals surface area contributed by atoms with Crippen molar-refractivity contribution < 1.29 is 14.7 Å². The summed E-state index contributed by atoms with van der Waals surface area (Å²) in [5.74, 6) is -0.182. The van der Waals surface area contributed by atoms with Crippen LogP contribution in [0.2, 0.25) is 0 Å². The van der Waals surface area contributed by atoms with Crippen LogP contribution in [0.15, 0.2) is 42.5 Å². The standard InChI is InChI=1S/C21H26N2O3/c24-14-19(21(26)22-13-15-6-2-1-3-7-15)23-20(25)18-11-10-16-8-4-5-9-17(16)12-18/h4-5,8-12,15,19,24H,1-3,6-7,13-14H2,(H,22,26)(H,23,25)/t19-/m0/s1. The normalized spacial score (nSPS) is 16.2. The van der Waals surface area contributed by atoms with Crippen molar-refractivity contribution in [1.29, 1.82) is 0 Å². The Bertz CT molecular complexity index is 769. The number of aliphatic hydroxyl groups excluding tert-OH is 1. The first kappa shape index (κ1) is 18.4. The van der Waals surface area contributed by atoms with Crippen LogP contribution in [0.3, 0.4) is 0 Å². The molecule has 26 heavy (non-hydrogen) atoms. The number of hydrogen-bond acceptors (Lipinski definition) is 3. The highest BCUT2D eigenvalue weighted by Gasteiger charge is 2.22. The Hall–Kier alpha value is -2.40. The van der Waals surface area contributed by atoms with Gasteiger partial charge in [-0.3, -0.25) is 9.59 Å². The predicted molar refractivity (Wildman–Crippen MR) is 102 cm³/mol. The Kier molecular flexibility index (Phi) is 6.23. The summed E-state index contributed by atoms with van der Waals surface area (Å²) in [5, 5.41) is 17.0. The Morgan fingerprint density at radius 1 is 1.04 bits per heavy atom. The van der Waals surface area contributed by atoms with Crippen LogP contribution in [-0.2, 0) is 4.79 Å². The van der Waals surface area contributed by atoms with Crippen molar-refractivity contribution in [2.75, 3.05) is 13.2 Å². The second-order valence-electron chi connectivity index (χ2n) is 7.02. The van der Waals surface area contributed by atoms with Crippen molar-refractivity contribution >= 4 is 22.6 Å². The summed E-state index contributed by atoms with van der Waals surface area (Å²) in [6.07, 6.45) is 5.96. The highest BCUT2D eigenvalue weighted by molar-refractivity contribution is 6.00. The third-order valence-electron chi connectivity index (χ3n) is 5.11. The molecule has 0 unspecified atom stereocenters. The minimum absolute atomic E-state index is 0.327. The van der Waals surface area contributed by atoms with Gasteiger partial charge in [-0.25, -0.2) is 0 Å². The molecule has 138 valence electrons. The summed E-state index contributed by atoms with van der Waals surface area (Å²) in [5.41, 5.74) is 0.474. The quantitative estimate of drug-likeness (QED) is 0.746. The first-order chi connectivity index (χ1) is 12.7. The lowest BCUT2D eigenvalue weighted by Gasteiger charge is -2.23. The molecule has 1 aliphatic carbocycles. The molecular weight excluding hydrogens is 328 g/mol. The van der Waals surface area contributed by atoms with Crippen molar-refractivity contribution in [3.63, 3.8) is 0 Å². The van der Waals surface area contributed by atoms with E-state index in [1.807, 2.05) is 30.3 Å². The van der Waals surface area contributed by atoms with Gasteiger partial charge in [0.1, 0.15) is 6.04 Å². The van der Waals surface area contributed by atoms with Gasteiger partial charge < -0.3 is 15.7 Å². The zero-order valence-electron chi connectivity index (χ0n) is 14.9. The van der Waals surface area contributed by atoms with E-state index >= 15 is 0 Å². The van der Waals surface area contributed by atoms with Gasteiger partial charge in [-0.2, -0.15) is 0 Å². The maximum atomic E-state index is 12.5. The van der Waals surface area contributed by atoms with E-state index in [4.69, 9.17) is 0 Å². The molecule has 5 heteroatoms. The zero-order valence-corrected chi connectivity index (χ0v) is 14.9. The summed E-state index contributed by atoms with van der Waals surface area (Å²) in [7, 11) is 0. The van der Waals surface area contributed by atoms with Crippen molar-refractivity contribution in [2.45, 2.75) is 38.1 Å². The number of rotatable bonds is 6. The van der Waals surface area contributed by atoms with Gasteiger partial charge in [0.25, 0.3) is 5.91 Å². The van der Waals surface area contributed by atoms with Gasteiger partial charge >= 0.3 is 0 Å². The molecule has 0 bridgehead atoms. The van der Waals surface area contributed by atoms with Crippen LogP contribution in [0.5, 0.6) is 0 Å². The third-order valence-corrected chi connectivity index (χ3v) is 5.11. The molecule has 1 saturated carbocycles. The second kappa shape index (κ2) is 8.81.